The van der Waals surface area contributed by atoms with Crippen LogP contribution in [0.5, 0.6) is 0 Å². The van der Waals surface area contributed by atoms with E-state index in [1.165, 1.54) is 35.2 Å². The van der Waals surface area contributed by atoms with Gasteiger partial charge in [0.05, 0.1) is 10.6 Å². The van der Waals surface area contributed by atoms with E-state index < -0.39 is 10.0 Å². The standard InChI is InChI=1S/C9H9N3O3S/c10-16(14,15)8-3-1-2-7(6-8)12-5-4-11-9(12)13/h1-6H,(H,11,13)(H2,10,14,15). The minimum absolute atomic E-state index is 0.0295. The number of nitrogens with one attached hydrogen (secondary N) is 1. The fraction of sp³-hybridized carbons (Fsp3) is 0. The highest BCUT2D eigenvalue weighted by molar-refractivity contribution is 7.89. The molecule has 0 saturated carbocycles. The first-order valence-electron chi connectivity index (χ1n) is 4.38. The van der Waals surface area contributed by atoms with Crippen molar-refractivity contribution in [3.8, 4) is 5.69 Å². The first-order valence-corrected chi connectivity index (χ1v) is 5.92. The molecule has 2 aromatic rings. The number of nitrogens with zero attached hydrogens (tertiary/aromatic N) is 1. The van der Waals surface area contributed by atoms with E-state index >= 15 is 0 Å². The number of primary sulfonamides is 1. The fourth-order valence-electron chi connectivity index (χ4n) is 1.33. The number of imidazole rings is 1. The zero-order valence-electron chi connectivity index (χ0n) is 8.12. The van der Waals surface area contributed by atoms with Crippen molar-refractivity contribution in [3.05, 3.63) is 47.1 Å². The molecule has 0 aliphatic rings. The second-order valence-corrected chi connectivity index (χ2v) is 4.74. The molecule has 16 heavy (non-hydrogen) atoms. The molecule has 1 aromatic heterocycles. The largest absolute Gasteiger partial charge is 0.330 e. The number of hydrogen-bond acceptors (Lipinski definition) is 3. The van der Waals surface area contributed by atoms with Gasteiger partial charge in [-0.15, -0.1) is 0 Å². The molecule has 3 N–H and O–H groups in total. The van der Waals surface area contributed by atoms with Crippen LogP contribution < -0.4 is 10.8 Å². The molecule has 0 fully saturated rings. The summed E-state index contributed by atoms with van der Waals surface area (Å²) in [6, 6.07) is 5.85. The molecule has 2 rings (SSSR count). The molecule has 0 saturated heterocycles. The van der Waals surface area contributed by atoms with E-state index in [1.807, 2.05) is 0 Å². The molecule has 0 radical (unpaired) electrons. The lowest BCUT2D eigenvalue weighted by molar-refractivity contribution is 0.597. The third kappa shape index (κ3) is 1.90. The number of benzene rings is 1. The molecular formula is C9H9N3O3S. The Bertz CT molecular complexity index is 669. The van der Waals surface area contributed by atoms with Crippen molar-refractivity contribution in [1.82, 2.24) is 9.55 Å². The molecule has 0 bridgehead atoms. The van der Waals surface area contributed by atoms with Crippen LogP contribution in [0.25, 0.3) is 5.69 Å². The van der Waals surface area contributed by atoms with Crippen molar-refractivity contribution in [3.63, 3.8) is 0 Å². The summed E-state index contributed by atoms with van der Waals surface area (Å²) in [5, 5.41) is 4.99. The number of H-pyrrole nitrogens is 1. The molecule has 0 atom stereocenters. The van der Waals surface area contributed by atoms with E-state index in [2.05, 4.69) is 4.98 Å². The molecule has 0 unspecified atom stereocenters. The van der Waals surface area contributed by atoms with Crippen molar-refractivity contribution >= 4 is 10.0 Å². The maximum Gasteiger partial charge on any atom is 0.330 e. The van der Waals surface area contributed by atoms with Crippen LogP contribution in [-0.2, 0) is 10.0 Å². The third-order valence-corrected chi connectivity index (χ3v) is 2.98. The predicted molar refractivity (Wildman–Crippen MR) is 57.8 cm³/mol. The normalized spacial score (nSPS) is 11.6. The van der Waals surface area contributed by atoms with Gasteiger partial charge < -0.3 is 4.98 Å². The lowest BCUT2D eigenvalue weighted by atomic mass is 10.3. The van der Waals surface area contributed by atoms with Gasteiger partial charge in [0.1, 0.15) is 0 Å². The van der Waals surface area contributed by atoms with Gasteiger partial charge in [-0.05, 0) is 18.2 Å². The number of aromatic nitrogens is 2. The molecular weight excluding hydrogens is 230 g/mol. The lowest BCUT2D eigenvalue weighted by Gasteiger charge is -2.03. The average Bonchev–Trinajstić information content (AvgIpc) is 2.63. The van der Waals surface area contributed by atoms with Gasteiger partial charge in [0.25, 0.3) is 0 Å². The molecule has 7 heteroatoms. The first-order chi connectivity index (χ1) is 7.48. The van der Waals surface area contributed by atoms with Crippen LogP contribution in [0, 0.1) is 0 Å². The van der Waals surface area contributed by atoms with Gasteiger partial charge in [-0.1, -0.05) is 6.07 Å². The number of rotatable bonds is 2. The topological polar surface area (TPSA) is 97.9 Å². The summed E-state index contributed by atoms with van der Waals surface area (Å²) in [5.41, 5.74) is 0.101. The molecule has 1 aromatic carbocycles. The van der Waals surface area contributed by atoms with Gasteiger partial charge in [-0.3, -0.25) is 4.57 Å². The van der Waals surface area contributed by atoms with Crippen molar-refractivity contribution in [2.24, 2.45) is 5.14 Å². The van der Waals surface area contributed by atoms with Crippen LogP contribution in [0.1, 0.15) is 0 Å². The SMILES string of the molecule is NS(=O)(=O)c1cccc(-n2cc[nH]c2=O)c1. The van der Waals surface area contributed by atoms with Gasteiger partial charge in [-0.2, -0.15) is 0 Å². The number of aromatic amines is 1. The van der Waals surface area contributed by atoms with E-state index in [-0.39, 0.29) is 10.6 Å². The lowest BCUT2D eigenvalue weighted by Crippen LogP contribution is -2.16. The summed E-state index contributed by atoms with van der Waals surface area (Å²) in [5.74, 6) is 0. The second kappa shape index (κ2) is 3.62. The number of sulfonamides is 1. The minimum Gasteiger partial charge on any atom is -0.312 e. The van der Waals surface area contributed by atoms with Gasteiger partial charge in [0.15, 0.2) is 0 Å². The Morgan fingerprint density at radius 3 is 2.62 bits per heavy atom. The van der Waals surface area contributed by atoms with E-state index in [0.717, 1.165) is 0 Å². The summed E-state index contributed by atoms with van der Waals surface area (Å²) in [6.07, 6.45) is 2.97. The fourth-order valence-corrected chi connectivity index (χ4v) is 1.89. The second-order valence-electron chi connectivity index (χ2n) is 3.18. The summed E-state index contributed by atoms with van der Waals surface area (Å²) in [4.78, 5) is 13.7. The van der Waals surface area contributed by atoms with Gasteiger partial charge in [0.2, 0.25) is 10.0 Å². The van der Waals surface area contributed by atoms with Crippen LogP contribution in [0.4, 0.5) is 0 Å². The van der Waals surface area contributed by atoms with E-state index in [9.17, 15) is 13.2 Å². The quantitative estimate of drug-likeness (QED) is 0.760. The summed E-state index contributed by atoms with van der Waals surface area (Å²) in [6.45, 7) is 0. The monoisotopic (exact) mass is 239 g/mol. The van der Waals surface area contributed by atoms with Crippen LogP contribution in [0.15, 0.2) is 46.3 Å². The van der Waals surface area contributed by atoms with Crippen molar-refractivity contribution in [2.75, 3.05) is 0 Å². The Kier molecular flexibility index (Phi) is 2.41. The highest BCUT2D eigenvalue weighted by atomic mass is 32.2. The van der Waals surface area contributed by atoms with E-state index in [1.54, 1.807) is 6.07 Å². The maximum absolute atomic E-state index is 11.3. The van der Waals surface area contributed by atoms with Crippen LogP contribution in [0.3, 0.4) is 0 Å². The summed E-state index contributed by atoms with van der Waals surface area (Å²) in [7, 11) is -3.75. The third-order valence-electron chi connectivity index (χ3n) is 2.07. The predicted octanol–water partition coefficient (Wildman–Crippen LogP) is -0.187. The Hall–Kier alpha value is -1.86. The molecule has 0 aliphatic heterocycles. The zero-order chi connectivity index (χ0) is 11.8. The Balaban J connectivity index is 2.62. The van der Waals surface area contributed by atoms with Gasteiger partial charge in [0, 0.05) is 12.4 Å². The van der Waals surface area contributed by atoms with Gasteiger partial charge in [-0.25, -0.2) is 18.4 Å². The van der Waals surface area contributed by atoms with Crippen LogP contribution >= 0.6 is 0 Å². The molecule has 1 heterocycles. The number of hydrogen-bond donors (Lipinski definition) is 2. The highest BCUT2D eigenvalue weighted by Gasteiger charge is 2.09. The van der Waals surface area contributed by atoms with E-state index in [0.29, 0.717) is 5.69 Å². The maximum atomic E-state index is 11.3. The Morgan fingerprint density at radius 1 is 1.31 bits per heavy atom. The van der Waals surface area contributed by atoms with Gasteiger partial charge >= 0.3 is 5.69 Å². The molecule has 0 spiro atoms. The Morgan fingerprint density at radius 2 is 2.06 bits per heavy atom. The first kappa shape index (κ1) is 10.7. The average molecular weight is 239 g/mol. The summed E-state index contributed by atoms with van der Waals surface area (Å²) >= 11 is 0. The smallest absolute Gasteiger partial charge is 0.312 e. The van der Waals surface area contributed by atoms with Crippen LogP contribution in [-0.4, -0.2) is 18.0 Å². The molecule has 84 valence electrons. The molecule has 6 nitrogen and oxygen atoms in total. The molecule has 0 amide bonds. The Labute approximate surface area is 91.4 Å². The molecule has 0 aliphatic carbocycles. The van der Waals surface area contributed by atoms with E-state index in [4.69, 9.17) is 5.14 Å². The van der Waals surface area contributed by atoms with Crippen LogP contribution in [0.2, 0.25) is 0 Å². The summed E-state index contributed by atoms with van der Waals surface area (Å²) < 4.78 is 23.5. The van der Waals surface area contributed by atoms with Crippen molar-refractivity contribution in [1.29, 1.82) is 0 Å². The minimum atomic E-state index is -3.75. The highest BCUT2D eigenvalue weighted by Crippen LogP contribution is 2.11. The zero-order valence-corrected chi connectivity index (χ0v) is 8.94. The number of nitrogens with two attached hydrogens (primary N) is 1. The van der Waals surface area contributed by atoms with Crippen molar-refractivity contribution in [2.45, 2.75) is 4.90 Å². The van der Waals surface area contributed by atoms with Crippen molar-refractivity contribution < 1.29 is 8.42 Å².